The van der Waals surface area contributed by atoms with E-state index in [0.717, 1.165) is 0 Å². The Kier molecular flexibility index (Phi) is 3.07. The second-order valence-electron chi connectivity index (χ2n) is 2.13. The van der Waals surface area contributed by atoms with E-state index in [-0.39, 0.29) is 5.02 Å². The first kappa shape index (κ1) is 9.50. The summed E-state index contributed by atoms with van der Waals surface area (Å²) in [5.41, 5.74) is 0.628. The van der Waals surface area contributed by atoms with Crippen LogP contribution in [0.25, 0.3) is 0 Å². The molecule has 62 valence electrons. The number of rotatable bonds is 1. The van der Waals surface area contributed by atoms with Crippen LogP contribution < -0.4 is 0 Å². The van der Waals surface area contributed by atoms with E-state index in [9.17, 15) is 4.39 Å². The van der Waals surface area contributed by atoms with Crippen LogP contribution in [0.15, 0.2) is 12.1 Å². The number of hydrogen-bond donors (Lipinski definition) is 0. The Morgan fingerprint density at radius 3 is 2.75 bits per heavy atom. The minimum Gasteiger partial charge on any atom is -0.207 e. The smallest absolute Gasteiger partial charge is 0.128 e. The van der Waals surface area contributed by atoms with Crippen molar-refractivity contribution in [1.29, 1.82) is 5.26 Å². The molecular formula is C8H4BrClFN. The maximum Gasteiger partial charge on any atom is 0.128 e. The molecule has 0 amide bonds. The molecule has 0 aromatic heterocycles. The Balaban J connectivity index is 3.36. The van der Waals surface area contributed by atoms with Crippen LogP contribution in [0, 0.1) is 17.1 Å². The molecule has 0 heterocycles. The first-order valence-corrected chi connectivity index (χ1v) is 4.63. The summed E-state index contributed by atoms with van der Waals surface area (Å²) in [6, 6.07) is 4.48. The quantitative estimate of drug-likeness (QED) is 0.700. The van der Waals surface area contributed by atoms with Crippen LogP contribution in [0.5, 0.6) is 0 Å². The molecule has 0 saturated carbocycles. The zero-order valence-corrected chi connectivity index (χ0v) is 8.28. The summed E-state index contributed by atoms with van der Waals surface area (Å²) in [6.07, 6.45) is 0. The Bertz CT molecular complexity index is 346. The average Bonchev–Trinajstić information content (AvgIpc) is 2.06. The first-order chi connectivity index (χ1) is 5.70. The van der Waals surface area contributed by atoms with Gasteiger partial charge in [0, 0.05) is 10.9 Å². The minimum atomic E-state index is -0.393. The van der Waals surface area contributed by atoms with Crippen molar-refractivity contribution in [2.45, 2.75) is 5.33 Å². The number of nitrogens with zero attached hydrogens (tertiary/aromatic N) is 1. The number of alkyl halides is 1. The molecule has 4 heteroatoms. The molecule has 0 atom stereocenters. The van der Waals surface area contributed by atoms with Crippen LogP contribution >= 0.6 is 27.5 Å². The molecule has 0 aliphatic heterocycles. The normalized spacial score (nSPS) is 9.50. The van der Waals surface area contributed by atoms with Gasteiger partial charge in [0.1, 0.15) is 11.9 Å². The van der Waals surface area contributed by atoms with Gasteiger partial charge in [-0.25, -0.2) is 4.39 Å². The van der Waals surface area contributed by atoms with Crippen molar-refractivity contribution in [3.8, 4) is 6.07 Å². The van der Waals surface area contributed by atoms with E-state index >= 15 is 0 Å². The Morgan fingerprint density at radius 1 is 1.58 bits per heavy atom. The van der Waals surface area contributed by atoms with Gasteiger partial charge >= 0.3 is 0 Å². The summed E-state index contributed by atoms with van der Waals surface area (Å²) >= 11 is 8.81. The van der Waals surface area contributed by atoms with Gasteiger partial charge < -0.3 is 0 Å². The molecule has 1 rings (SSSR count). The number of hydrogen-bond acceptors (Lipinski definition) is 1. The Labute approximate surface area is 82.9 Å². The van der Waals surface area contributed by atoms with E-state index in [1.165, 1.54) is 12.1 Å². The lowest BCUT2D eigenvalue weighted by Crippen LogP contribution is -1.90. The van der Waals surface area contributed by atoms with Gasteiger partial charge in [-0.2, -0.15) is 5.26 Å². The van der Waals surface area contributed by atoms with Gasteiger partial charge in [0.15, 0.2) is 0 Å². The summed E-state index contributed by atoms with van der Waals surface area (Å²) < 4.78 is 12.9. The second-order valence-corrected chi connectivity index (χ2v) is 3.07. The molecule has 0 saturated heterocycles. The Hall–Kier alpha value is -0.590. The van der Waals surface area contributed by atoms with Crippen molar-refractivity contribution >= 4 is 27.5 Å². The standard InChI is InChI=1S/C8H4BrClFN/c9-3-6-7(11)2-1-5(4-12)8(6)10/h1-2H,3H2. The van der Waals surface area contributed by atoms with E-state index in [0.29, 0.717) is 16.5 Å². The van der Waals surface area contributed by atoms with E-state index < -0.39 is 5.82 Å². The Morgan fingerprint density at radius 2 is 2.25 bits per heavy atom. The van der Waals surface area contributed by atoms with Gasteiger partial charge in [-0.1, -0.05) is 27.5 Å². The number of benzene rings is 1. The molecular weight excluding hydrogens is 244 g/mol. The van der Waals surface area contributed by atoms with Crippen molar-refractivity contribution in [1.82, 2.24) is 0 Å². The number of halogens is 3. The summed E-state index contributed by atoms with van der Waals surface area (Å²) in [5, 5.41) is 9.06. The maximum absolute atomic E-state index is 12.9. The lowest BCUT2D eigenvalue weighted by Gasteiger charge is -2.02. The first-order valence-electron chi connectivity index (χ1n) is 3.13. The van der Waals surface area contributed by atoms with Gasteiger partial charge in [0.05, 0.1) is 10.6 Å². The summed E-state index contributed by atoms with van der Waals surface area (Å²) in [6.45, 7) is 0. The highest BCUT2D eigenvalue weighted by atomic mass is 79.9. The third-order valence-electron chi connectivity index (χ3n) is 1.44. The third-order valence-corrected chi connectivity index (χ3v) is 2.43. The minimum absolute atomic E-state index is 0.189. The largest absolute Gasteiger partial charge is 0.207 e. The molecule has 0 radical (unpaired) electrons. The fourth-order valence-corrected chi connectivity index (χ4v) is 1.78. The highest BCUT2D eigenvalue weighted by Gasteiger charge is 2.09. The second kappa shape index (κ2) is 3.88. The van der Waals surface area contributed by atoms with Crippen molar-refractivity contribution in [2.24, 2.45) is 0 Å². The molecule has 0 spiro atoms. The zero-order valence-electron chi connectivity index (χ0n) is 5.94. The van der Waals surface area contributed by atoms with Gasteiger partial charge in [-0.3, -0.25) is 0 Å². The fourth-order valence-electron chi connectivity index (χ4n) is 0.806. The van der Waals surface area contributed by atoms with E-state index in [4.69, 9.17) is 16.9 Å². The summed E-state index contributed by atoms with van der Waals surface area (Å²) in [4.78, 5) is 0. The predicted octanol–water partition coefficient (Wildman–Crippen LogP) is 3.25. The third kappa shape index (κ3) is 1.60. The lowest BCUT2D eigenvalue weighted by molar-refractivity contribution is 0.617. The van der Waals surface area contributed by atoms with Crippen LogP contribution in [0.1, 0.15) is 11.1 Å². The van der Waals surface area contributed by atoms with Crippen LogP contribution in [0.2, 0.25) is 5.02 Å². The van der Waals surface area contributed by atoms with Crippen LogP contribution in [-0.2, 0) is 5.33 Å². The molecule has 12 heavy (non-hydrogen) atoms. The van der Waals surface area contributed by atoms with E-state index in [1.54, 1.807) is 0 Å². The molecule has 0 bridgehead atoms. The van der Waals surface area contributed by atoms with Crippen molar-refractivity contribution in [2.75, 3.05) is 0 Å². The maximum atomic E-state index is 12.9. The monoisotopic (exact) mass is 247 g/mol. The highest BCUT2D eigenvalue weighted by Crippen LogP contribution is 2.25. The number of nitriles is 1. The van der Waals surface area contributed by atoms with Crippen LogP contribution in [-0.4, -0.2) is 0 Å². The fraction of sp³-hybridized carbons (Fsp3) is 0.125. The van der Waals surface area contributed by atoms with E-state index in [1.807, 2.05) is 6.07 Å². The van der Waals surface area contributed by atoms with Crippen molar-refractivity contribution in [3.63, 3.8) is 0 Å². The molecule has 0 aliphatic carbocycles. The molecule has 0 N–H and O–H groups in total. The van der Waals surface area contributed by atoms with Gasteiger partial charge in [0.2, 0.25) is 0 Å². The summed E-state index contributed by atoms with van der Waals surface area (Å²) in [5.74, 6) is -0.393. The van der Waals surface area contributed by atoms with Crippen LogP contribution in [0.3, 0.4) is 0 Å². The molecule has 0 aliphatic rings. The van der Waals surface area contributed by atoms with Gasteiger partial charge in [-0.05, 0) is 12.1 Å². The van der Waals surface area contributed by atoms with E-state index in [2.05, 4.69) is 15.9 Å². The van der Waals surface area contributed by atoms with Crippen molar-refractivity contribution < 1.29 is 4.39 Å². The molecule has 1 nitrogen and oxygen atoms in total. The average molecular weight is 248 g/mol. The molecule has 1 aromatic rings. The zero-order chi connectivity index (χ0) is 9.14. The summed E-state index contributed by atoms with van der Waals surface area (Å²) in [7, 11) is 0. The highest BCUT2D eigenvalue weighted by molar-refractivity contribution is 9.08. The van der Waals surface area contributed by atoms with Crippen LogP contribution in [0.4, 0.5) is 4.39 Å². The van der Waals surface area contributed by atoms with Gasteiger partial charge in [0.25, 0.3) is 0 Å². The molecule has 1 aromatic carbocycles. The molecule has 0 unspecified atom stereocenters. The SMILES string of the molecule is N#Cc1ccc(F)c(CBr)c1Cl. The topological polar surface area (TPSA) is 23.8 Å². The molecule has 0 fully saturated rings. The van der Waals surface area contributed by atoms with Crippen molar-refractivity contribution in [3.05, 3.63) is 34.1 Å². The lowest BCUT2D eigenvalue weighted by atomic mass is 10.1. The van der Waals surface area contributed by atoms with Gasteiger partial charge in [-0.15, -0.1) is 0 Å². The predicted molar refractivity (Wildman–Crippen MR) is 48.8 cm³/mol.